The van der Waals surface area contributed by atoms with E-state index < -0.39 is 4.82 Å². The van der Waals surface area contributed by atoms with E-state index in [1.165, 1.54) is 4.90 Å². The van der Waals surface area contributed by atoms with E-state index in [0.717, 1.165) is 23.7 Å². The van der Waals surface area contributed by atoms with Gasteiger partial charge in [-0.05, 0) is 0 Å². The van der Waals surface area contributed by atoms with Crippen LogP contribution in [0.2, 0.25) is 4.82 Å². The fourth-order valence-corrected chi connectivity index (χ4v) is 4.34. The Morgan fingerprint density at radius 2 is 1.86 bits per heavy atom. The Balaban J connectivity index is 2.67. The Morgan fingerprint density at radius 3 is 2.45 bits per heavy atom. The van der Waals surface area contributed by atoms with E-state index in [1.54, 1.807) is 14.1 Å². The summed E-state index contributed by atoms with van der Waals surface area (Å²) < 4.78 is 1.09. The number of Topliss-reactive ketones (excluding diaryl/α,β-unsaturated/α-hetero) is 1. The van der Waals surface area contributed by atoms with Crippen LogP contribution in [0, 0.1) is 0 Å². The first kappa shape index (κ1) is 18.7. The molecule has 1 aromatic rings. The van der Waals surface area contributed by atoms with Crippen molar-refractivity contribution >= 4 is 31.1 Å². The Bertz CT molecular complexity index is 497. The van der Waals surface area contributed by atoms with Crippen molar-refractivity contribution < 1.29 is 9.59 Å². The molecule has 3 nitrogen and oxygen atoms in total. The molecule has 0 radical (unpaired) electrons. The molecule has 0 saturated heterocycles. The van der Waals surface area contributed by atoms with Gasteiger partial charge in [-0.15, -0.1) is 0 Å². The van der Waals surface area contributed by atoms with Crippen LogP contribution in [-0.2, 0) is 9.59 Å². The zero-order chi connectivity index (χ0) is 16.4. The van der Waals surface area contributed by atoms with Crippen LogP contribution in [0.5, 0.6) is 0 Å². The van der Waals surface area contributed by atoms with Crippen LogP contribution in [0.1, 0.15) is 32.6 Å². The van der Waals surface area contributed by atoms with Gasteiger partial charge in [-0.2, -0.15) is 0 Å². The van der Waals surface area contributed by atoms with Crippen molar-refractivity contribution in [3.05, 3.63) is 42.5 Å². The fraction of sp³-hybridized carbons (Fsp3) is 0.444. The molecule has 0 bridgehead atoms. The summed E-state index contributed by atoms with van der Waals surface area (Å²) in [5.41, 5.74) is 0. The van der Waals surface area contributed by atoms with E-state index in [-0.39, 0.29) is 26.6 Å². The summed E-state index contributed by atoms with van der Waals surface area (Å²) >= 11 is -0.154. The van der Waals surface area contributed by atoms with Crippen LogP contribution in [0.25, 0.3) is 0 Å². The average Bonchev–Trinajstić information content (AvgIpc) is 2.52. The zero-order valence-electron chi connectivity index (χ0n) is 13.6. The van der Waals surface area contributed by atoms with Gasteiger partial charge in [0.05, 0.1) is 0 Å². The van der Waals surface area contributed by atoms with E-state index in [4.69, 9.17) is 0 Å². The molecule has 0 aliphatic rings. The second-order valence-corrected chi connectivity index (χ2v) is 7.75. The number of rotatable bonds is 9. The van der Waals surface area contributed by atoms with E-state index in [9.17, 15) is 9.59 Å². The van der Waals surface area contributed by atoms with E-state index in [0.29, 0.717) is 6.42 Å². The standard InChI is InChI=1S/C18H25NO2Se/c1-4-5-6-7-11-14-16(20)17(18(21)19(2)3)22-15-12-9-8-10-13-15/h5-6,8-10,12-13,17H,4,7,11,14H2,1-3H3/b6-5+. The Morgan fingerprint density at radius 1 is 1.18 bits per heavy atom. The quantitative estimate of drug-likeness (QED) is 0.292. The predicted octanol–water partition coefficient (Wildman–Crippen LogP) is 2.60. The summed E-state index contributed by atoms with van der Waals surface area (Å²) in [5, 5.41) is 0. The zero-order valence-corrected chi connectivity index (χ0v) is 15.3. The molecule has 0 aliphatic carbocycles. The van der Waals surface area contributed by atoms with Gasteiger partial charge < -0.3 is 0 Å². The molecule has 0 spiro atoms. The Labute approximate surface area is 139 Å². The van der Waals surface area contributed by atoms with Crippen LogP contribution in [0.4, 0.5) is 0 Å². The molecular formula is C18H25NO2Se. The molecule has 0 fully saturated rings. The van der Waals surface area contributed by atoms with Crippen LogP contribution < -0.4 is 4.46 Å². The van der Waals surface area contributed by atoms with Crippen molar-refractivity contribution in [2.24, 2.45) is 0 Å². The van der Waals surface area contributed by atoms with Crippen LogP contribution >= 0.6 is 0 Å². The number of benzene rings is 1. The van der Waals surface area contributed by atoms with E-state index in [2.05, 4.69) is 19.1 Å². The number of nitrogens with zero attached hydrogens (tertiary/aromatic N) is 1. The molecule has 1 amide bonds. The molecule has 1 unspecified atom stereocenters. The van der Waals surface area contributed by atoms with Gasteiger partial charge in [-0.1, -0.05) is 0 Å². The molecular weight excluding hydrogens is 341 g/mol. The van der Waals surface area contributed by atoms with E-state index >= 15 is 0 Å². The number of hydrogen-bond donors (Lipinski definition) is 0. The van der Waals surface area contributed by atoms with Crippen LogP contribution in [0.15, 0.2) is 42.5 Å². The predicted molar refractivity (Wildman–Crippen MR) is 92.6 cm³/mol. The first-order chi connectivity index (χ1) is 10.6. The van der Waals surface area contributed by atoms with Crippen LogP contribution in [0.3, 0.4) is 0 Å². The average molecular weight is 366 g/mol. The van der Waals surface area contributed by atoms with Crippen molar-refractivity contribution in [3.63, 3.8) is 0 Å². The molecule has 0 aromatic heterocycles. The number of carbonyl (C=O) groups excluding carboxylic acids is 2. The number of carbonyl (C=O) groups is 2. The minimum atomic E-state index is -0.500. The second kappa shape index (κ2) is 10.4. The summed E-state index contributed by atoms with van der Waals surface area (Å²) in [6.45, 7) is 2.09. The maximum atomic E-state index is 12.5. The summed E-state index contributed by atoms with van der Waals surface area (Å²) in [6.07, 6.45) is 7.44. The minimum absolute atomic E-state index is 0.0713. The normalized spacial score (nSPS) is 12.3. The summed E-state index contributed by atoms with van der Waals surface area (Å²) in [5.74, 6) is 0.00500. The fourth-order valence-electron chi connectivity index (χ4n) is 1.93. The summed E-state index contributed by atoms with van der Waals surface area (Å²) in [4.78, 5) is 25.8. The van der Waals surface area contributed by atoms with Gasteiger partial charge in [0.1, 0.15) is 0 Å². The number of unbranched alkanes of at least 4 members (excludes halogenated alkanes) is 1. The molecule has 0 aliphatic heterocycles. The van der Waals surface area contributed by atoms with Crippen molar-refractivity contribution in [1.82, 2.24) is 4.90 Å². The molecule has 1 aromatic carbocycles. The third kappa shape index (κ3) is 6.59. The van der Waals surface area contributed by atoms with Crippen molar-refractivity contribution in [2.75, 3.05) is 14.1 Å². The van der Waals surface area contributed by atoms with Gasteiger partial charge in [0.15, 0.2) is 0 Å². The summed E-state index contributed by atoms with van der Waals surface area (Å²) in [7, 11) is 3.43. The van der Waals surface area contributed by atoms with Gasteiger partial charge in [0, 0.05) is 0 Å². The van der Waals surface area contributed by atoms with Gasteiger partial charge in [-0.3, -0.25) is 0 Å². The maximum absolute atomic E-state index is 12.5. The van der Waals surface area contributed by atoms with E-state index in [1.807, 2.05) is 30.3 Å². The molecule has 0 saturated carbocycles. The van der Waals surface area contributed by atoms with Crippen molar-refractivity contribution in [1.29, 1.82) is 0 Å². The SMILES string of the molecule is CC/C=C/CCCC(=O)C([Se]c1ccccc1)C(=O)N(C)C. The summed E-state index contributed by atoms with van der Waals surface area (Å²) in [6, 6.07) is 9.84. The molecule has 120 valence electrons. The Kier molecular flexibility index (Phi) is 8.79. The van der Waals surface area contributed by atoms with Gasteiger partial charge >= 0.3 is 140 Å². The molecule has 1 rings (SSSR count). The Hall–Kier alpha value is -1.38. The molecule has 22 heavy (non-hydrogen) atoms. The first-order valence-corrected chi connectivity index (χ1v) is 9.51. The first-order valence-electron chi connectivity index (χ1n) is 7.66. The molecule has 4 heteroatoms. The number of amides is 1. The third-order valence-electron chi connectivity index (χ3n) is 3.15. The monoisotopic (exact) mass is 367 g/mol. The third-order valence-corrected chi connectivity index (χ3v) is 5.76. The van der Waals surface area contributed by atoms with Crippen molar-refractivity contribution in [3.8, 4) is 0 Å². The molecule has 0 heterocycles. The molecule has 0 N–H and O–H groups in total. The number of allylic oxidation sites excluding steroid dienone is 2. The van der Waals surface area contributed by atoms with Crippen molar-refractivity contribution in [2.45, 2.75) is 37.4 Å². The van der Waals surface area contributed by atoms with Gasteiger partial charge in [0.25, 0.3) is 0 Å². The molecule has 1 atom stereocenters. The van der Waals surface area contributed by atoms with Gasteiger partial charge in [-0.25, -0.2) is 0 Å². The van der Waals surface area contributed by atoms with Gasteiger partial charge in [0.2, 0.25) is 0 Å². The number of hydrogen-bond acceptors (Lipinski definition) is 2. The number of ketones is 1. The van der Waals surface area contributed by atoms with Crippen LogP contribution in [-0.4, -0.2) is 45.6 Å². The topological polar surface area (TPSA) is 37.4 Å². The second-order valence-electron chi connectivity index (χ2n) is 5.28.